The van der Waals surface area contributed by atoms with Crippen molar-refractivity contribution >= 4 is 11.6 Å². The molecule has 0 bridgehead atoms. The molecule has 2 rings (SSSR count). The van der Waals surface area contributed by atoms with Crippen molar-refractivity contribution in [2.45, 2.75) is 39.2 Å². The number of hydrogen-bond donors (Lipinski definition) is 1. The Kier molecular flexibility index (Phi) is 5.41. The van der Waals surface area contributed by atoms with Crippen LogP contribution in [0, 0.1) is 0 Å². The highest BCUT2D eigenvalue weighted by molar-refractivity contribution is 5.97. The average Bonchev–Trinajstić information content (AvgIpc) is 2.47. The van der Waals surface area contributed by atoms with Crippen LogP contribution in [0.5, 0.6) is 5.75 Å². The van der Waals surface area contributed by atoms with Crippen LogP contribution in [-0.2, 0) is 4.79 Å². The molecule has 1 aliphatic heterocycles. The summed E-state index contributed by atoms with van der Waals surface area (Å²) >= 11 is 0. The normalized spacial score (nSPS) is 15.7. The van der Waals surface area contributed by atoms with E-state index >= 15 is 0 Å². The van der Waals surface area contributed by atoms with Crippen LogP contribution in [-0.4, -0.2) is 31.6 Å². The Morgan fingerprint density at radius 2 is 2.10 bits per heavy atom. The van der Waals surface area contributed by atoms with Crippen molar-refractivity contribution in [3.05, 3.63) is 24.3 Å². The molecule has 4 nitrogen and oxygen atoms in total. The monoisotopic (exact) mass is 276 g/mol. The first-order valence-electron chi connectivity index (χ1n) is 7.51. The van der Waals surface area contributed by atoms with Crippen LogP contribution in [0.3, 0.4) is 0 Å². The van der Waals surface area contributed by atoms with E-state index in [1.165, 1.54) is 0 Å². The number of para-hydroxylation sites is 2. The zero-order valence-electron chi connectivity index (χ0n) is 12.4. The lowest BCUT2D eigenvalue weighted by Crippen LogP contribution is -2.47. The first-order valence-corrected chi connectivity index (χ1v) is 7.51. The molecule has 0 aliphatic carbocycles. The third-order valence-corrected chi connectivity index (χ3v) is 3.53. The summed E-state index contributed by atoms with van der Waals surface area (Å²) in [5.41, 5.74) is 0.892. The fraction of sp³-hybridized carbons (Fsp3) is 0.562. The molecule has 0 saturated heterocycles. The minimum atomic E-state index is 0.0445. The predicted octanol–water partition coefficient (Wildman–Crippen LogP) is 2.58. The molecule has 4 heteroatoms. The molecule has 0 spiro atoms. The number of hydrogen-bond acceptors (Lipinski definition) is 3. The molecule has 110 valence electrons. The summed E-state index contributed by atoms with van der Waals surface area (Å²) in [6.07, 6.45) is 3.29. The maximum absolute atomic E-state index is 12.1. The average molecular weight is 276 g/mol. The molecule has 1 unspecified atom stereocenters. The highest BCUT2D eigenvalue weighted by atomic mass is 16.5. The molecule has 1 aromatic carbocycles. The van der Waals surface area contributed by atoms with Crippen LogP contribution in [0.25, 0.3) is 0 Å². The number of rotatable bonds is 7. The molecule has 0 fully saturated rings. The quantitative estimate of drug-likeness (QED) is 0.832. The summed E-state index contributed by atoms with van der Waals surface area (Å²) in [5.74, 6) is 0.848. The van der Waals surface area contributed by atoms with Gasteiger partial charge in [-0.2, -0.15) is 0 Å². The van der Waals surface area contributed by atoms with Gasteiger partial charge in [0.05, 0.1) is 5.69 Å². The smallest absolute Gasteiger partial charge is 0.265 e. The number of carbonyl (C=O) groups excluding carboxylic acids is 1. The van der Waals surface area contributed by atoms with Gasteiger partial charge in [0.1, 0.15) is 5.75 Å². The molecule has 20 heavy (non-hydrogen) atoms. The van der Waals surface area contributed by atoms with Crippen LogP contribution in [0.1, 0.15) is 33.1 Å². The van der Waals surface area contributed by atoms with Crippen molar-refractivity contribution in [3.63, 3.8) is 0 Å². The summed E-state index contributed by atoms with van der Waals surface area (Å²) in [6.45, 7) is 6.18. The van der Waals surface area contributed by atoms with E-state index in [1.54, 1.807) is 0 Å². The molecule has 1 aromatic rings. The number of benzene rings is 1. The van der Waals surface area contributed by atoms with Crippen LogP contribution >= 0.6 is 0 Å². The third kappa shape index (κ3) is 3.51. The van der Waals surface area contributed by atoms with Gasteiger partial charge in [0, 0.05) is 12.6 Å². The van der Waals surface area contributed by atoms with Gasteiger partial charge >= 0.3 is 0 Å². The zero-order chi connectivity index (χ0) is 14.4. The van der Waals surface area contributed by atoms with Gasteiger partial charge in [0.25, 0.3) is 5.91 Å². The number of carbonyl (C=O) groups is 1. The largest absolute Gasteiger partial charge is 0.482 e. The van der Waals surface area contributed by atoms with Crippen molar-refractivity contribution in [1.82, 2.24) is 5.32 Å². The Bertz CT molecular complexity index is 448. The van der Waals surface area contributed by atoms with Gasteiger partial charge in [0.2, 0.25) is 0 Å². The predicted molar refractivity (Wildman–Crippen MR) is 81.3 cm³/mol. The summed E-state index contributed by atoms with van der Waals surface area (Å²) in [7, 11) is 0. The highest BCUT2D eigenvalue weighted by Gasteiger charge is 2.26. The molecule has 1 atom stereocenters. The van der Waals surface area contributed by atoms with E-state index in [9.17, 15) is 4.79 Å². The second-order valence-electron chi connectivity index (χ2n) is 5.20. The van der Waals surface area contributed by atoms with Gasteiger partial charge in [0.15, 0.2) is 6.61 Å². The number of ether oxygens (including phenoxy) is 1. The van der Waals surface area contributed by atoms with E-state index in [4.69, 9.17) is 4.74 Å². The molecule has 1 heterocycles. The topological polar surface area (TPSA) is 41.6 Å². The Morgan fingerprint density at radius 1 is 1.30 bits per heavy atom. The molecule has 0 saturated carbocycles. The van der Waals surface area contributed by atoms with Gasteiger partial charge in [-0.3, -0.25) is 4.79 Å². The van der Waals surface area contributed by atoms with E-state index in [1.807, 2.05) is 29.2 Å². The third-order valence-electron chi connectivity index (χ3n) is 3.53. The molecular formula is C16H24N2O2. The maximum Gasteiger partial charge on any atom is 0.265 e. The second kappa shape index (κ2) is 7.29. The second-order valence-corrected chi connectivity index (χ2v) is 5.20. The molecular weight excluding hydrogens is 252 g/mol. The first kappa shape index (κ1) is 14.9. The Labute approximate surface area is 121 Å². The van der Waals surface area contributed by atoms with E-state index in [0.29, 0.717) is 12.6 Å². The van der Waals surface area contributed by atoms with Gasteiger partial charge < -0.3 is 15.0 Å². The number of anilines is 1. The van der Waals surface area contributed by atoms with Crippen LogP contribution in [0.2, 0.25) is 0 Å². The minimum Gasteiger partial charge on any atom is -0.482 e. The number of nitrogens with zero attached hydrogens (tertiary/aromatic N) is 1. The van der Waals surface area contributed by atoms with Crippen molar-refractivity contribution in [1.29, 1.82) is 0 Å². The fourth-order valence-electron chi connectivity index (χ4n) is 2.53. The van der Waals surface area contributed by atoms with Crippen LogP contribution in [0.15, 0.2) is 24.3 Å². The molecule has 1 amide bonds. The lowest BCUT2D eigenvalue weighted by atomic mass is 10.1. The van der Waals surface area contributed by atoms with Crippen molar-refractivity contribution < 1.29 is 9.53 Å². The lowest BCUT2D eigenvalue weighted by Gasteiger charge is -2.32. The van der Waals surface area contributed by atoms with Crippen molar-refractivity contribution in [3.8, 4) is 5.75 Å². The fourth-order valence-corrected chi connectivity index (χ4v) is 2.53. The Hall–Kier alpha value is -1.55. The lowest BCUT2D eigenvalue weighted by molar-refractivity contribution is -0.121. The summed E-state index contributed by atoms with van der Waals surface area (Å²) < 4.78 is 5.48. The Balaban J connectivity index is 2.11. The summed E-state index contributed by atoms with van der Waals surface area (Å²) in [6, 6.07) is 8.10. The molecule has 0 radical (unpaired) electrons. The molecule has 1 aliphatic rings. The van der Waals surface area contributed by atoms with Crippen LogP contribution < -0.4 is 15.0 Å². The van der Waals surface area contributed by atoms with Gasteiger partial charge in [-0.15, -0.1) is 0 Å². The first-order chi connectivity index (χ1) is 9.76. The summed E-state index contributed by atoms with van der Waals surface area (Å²) in [4.78, 5) is 14.0. The molecule has 0 aromatic heterocycles. The highest BCUT2D eigenvalue weighted by Crippen LogP contribution is 2.31. The van der Waals surface area contributed by atoms with E-state index in [2.05, 4.69) is 19.2 Å². The van der Waals surface area contributed by atoms with Crippen molar-refractivity contribution in [2.75, 3.05) is 24.6 Å². The number of amides is 1. The minimum absolute atomic E-state index is 0.0445. The van der Waals surface area contributed by atoms with Gasteiger partial charge in [-0.1, -0.05) is 32.4 Å². The van der Waals surface area contributed by atoms with Gasteiger partial charge in [-0.05, 0) is 31.5 Å². The Morgan fingerprint density at radius 3 is 2.85 bits per heavy atom. The van der Waals surface area contributed by atoms with E-state index in [-0.39, 0.29) is 12.5 Å². The summed E-state index contributed by atoms with van der Waals surface area (Å²) in [5, 5.41) is 3.53. The standard InChI is InChI=1S/C16H24N2O2/c1-3-7-13(17-10-4-2)11-18-14-8-5-6-9-15(14)20-12-16(18)19/h5-6,8-9,13,17H,3-4,7,10-12H2,1-2H3. The van der Waals surface area contributed by atoms with Gasteiger partial charge in [-0.25, -0.2) is 0 Å². The SMILES string of the molecule is CCCNC(CCC)CN1C(=O)COc2ccccc21. The number of fused-ring (bicyclic) bond motifs is 1. The number of nitrogens with one attached hydrogen (secondary N) is 1. The molecule has 1 N–H and O–H groups in total. The zero-order valence-corrected chi connectivity index (χ0v) is 12.4. The van der Waals surface area contributed by atoms with E-state index in [0.717, 1.165) is 37.2 Å². The van der Waals surface area contributed by atoms with E-state index < -0.39 is 0 Å². The van der Waals surface area contributed by atoms with Crippen molar-refractivity contribution in [2.24, 2.45) is 0 Å². The van der Waals surface area contributed by atoms with Crippen LogP contribution in [0.4, 0.5) is 5.69 Å². The maximum atomic E-state index is 12.1.